The predicted octanol–water partition coefficient (Wildman–Crippen LogP) is 0.680. The molecule has 0 heterocycles. The molecule has 5 nitrogen and oxygen atoms in total. The fourth-order valence-corrected chi connectivity index (χ4v) is 3.52. The van der Waals surface area contributed by atoms with Gasteiger partial charge in [-0.1, -0.05) is 12.8 Å². The van der Waals surface area contributed by atoms with E-state index in [-0.39, 0.29) is 6.04 Å². The van der Waals surface area contributed by atoms with Gasteiger partial charge in [0.2, 0.25) is 0 Å². The van der Waals surface area contributed by atoms with Crippen LogP contribution in [0.4, 0.5) is 0 Å². The summed E-state index contributed by atoms with van der Waals surface area (Å²) in [5.41, 5.74) is 5.38. The van der Waals surface area contributed by atoms with Gasteiger partial charge in [-0.3, -0.25) is 0 Å². The van der Waals surface area contributed by atoms with E-state index in [4.69, 9.17) is 5.73 Å². The maximum absolute atomic E-state index is 12.0. The Hall–Kier alpha value is -0.170. The number of nitrogens with zero attached hydrogens (tertiary/aromatic N) is 1. The quantitative estimate of drug-likeness (QED) is 0.709. The van der Waals surface area contributed by atoms with Crippen LogP contribution in [-0.4, -0.2) is 38.9 Å². The molecule has 0 radical (unpaired) electrons. The molecule has 17 heavy (non-hydrogen) atoms. The maximum Gasteiger partial charge on any atom is 0.279 e. The highest BCUT2D eigenvalue weighted by Crippen LogP contribution is 2.27. The molecule has 0 aromatic rings. The molecular formula is C11H25N3O2S. The lowest BCUT2D eigenvalue weighted by Gasteiger charge is -2.24. The lowest BCUT2D eigenvalue weighted by Crippen LogP contribution is -2.45. The zero-order chi connectivity index (χ0) is 12.9. The van der Waals surface area contributed by atoms with Crippen molar-refractivity contribution in [1.82, 2.24) is 9.03 Å². The highest BCUT2D eigenvalue weighted by Gasteiger charge is 2.26. The summed E-state index contributed by atoms with van der Waals surface area (Å²) in [6.45, 7) is 2.95. The molecule has 1 aliphatic carbocycles. The first kappa shape index (κ1) is 14.9. The topological polar surface area (TPSA) is 75.4 Å². The standard InChI is InChI=1S/C11H25N3O2S/c1-10(11-6-3-4-7-11)13-17(15,16)14(2)9-5-8-12/h10-11,13H,3-9,12H2,1-2H3. The van der Waals surface area contributed by atoms with Gasteiger partial charge in [0.15, 0.2) is 0 Å². The van der Waals surface area contributed by atoms with E-state index in [1.165, 1.54) is 17.1 Å². The molecule has 1 fully saturated rings. The number of nitrogens with one attached hydrogen (secondary N) is 1. The first-order chi connectivity index (χ1) is 7.97. The molecule has 102 valence electrons. The summed E-state index contributed by atoms with van der Waals surface area (Å²) in [7, 11) is -1.74. The van der Waals surface area contributed by atoms with Crippen LogP contribution < -0.4 is 10.5 Å². The minimum absolute atomic E-state index is 0.0304. The lowest BCUT2D eigenvalue weighted by molar-refractivity contribution is 0.396. The lowest BCUT2D eigenvalue weighted by atomic mass is 10.0. The minimum atomic E-state index is -3.34. The number of nitrogens with two attached hydrogens (primary N) is 1. The van der Waals surface area contributed by atoms with Crippen molar-refractivity contribution < 1.29 is 8.42 Å². The molecular weight excluding hydrogens is 238 g/mol. The summed E-state index contributed by atoms with van der Waals surface area (Å²) in [5, 5.41) is 0. The molecule has 1 rings (SSSR count). The Labute approximate surface area is 105 Å². The highest BCUT2D eigenvalue weighted by molar-refractivity contribution is 7.87. The Balaban J connectivity index is 2.46. The molecule has 0 amide bonds. The van der Waals surface area contributed by atoms with E-state index in [1.54, 1.807) is 7.05 Å². The average Bonchev–Trinajstić information content (AvgIpc) is 2.78. The van der Waals surface area contributed by atoms with Crippen molar-refractivity contribution in [3.63, 3.8) is 0 Å². The van der Waals surface area contributed by atoms with Crippen LogP contribution in [0.2, 0.25) is 0 Å². The second-order valence-electron chi connectivity index (χ2n) is 4.92. The summed E-state index contributed by atoms with van der Waals surface area (Å²) in [4.78, 5) is 0. The smallest absolute Gasteiger partial charge is 0.279 e. The Morgan fingerprint density at radius 3 is 2.53 bits per heavy atom. The van der Waals surface area contributed by atoms with Crippen molar-refractivity contribution in [2.75, 3.05) is 20.1 Å². The van der Waals surface area contributed by atoms with Gasteiger partial charge < -0.3 is 5.73 Å². The van der Waals surface area contributed by atoms with Gasteiger partial charge in [-0.15, -0.1) is 0 Å². The third-order valence-corrected chi connectivity index (χ3v) is 5.20. The van der Waals surface area contributed by atoms with Gasteiger partial charge in [-0.2, -0.15) is 17.4 Å². The summed E-state index contributed by atoms with van der Waals surface area (Å²) in [5.74, 6) is 0.493. The van der Waals surface area contributed by atoms with Crippen molar-refractivity contribution in [3.8, 4) is 0 Å². The van der Waals surface area contributed by atoms with E-state index in [0.29, 0.717) is 25.4 Å². The van der Waals surface area contributed by atoms with Gasteiger partial charge in [0.1, 0.15) is 0 Å². The molecule has 0 aliphatic heterocycles. The molecule has 0 aromatic carbocycles. The largest absolute Gasteiger partial charge is 0.330 e. The molecule has 0 aromatic heterocycles. The Bertz CT molecular complexity index is 313. The second-order valence-corrected chi connectivity index (χ2v) is 6.73. The zero-order valence-electron chi connectivity index (χ0n) is 10.9. The molecule has 1 unspecified atom stereocenters. The van der Waals surface area contributed by atoms with E-state index in [9.17, 15) is 8.42 Å². The monoisotopic (exact) mass is 263 g/mol. The molecule has 1 atom stereocenters. The molecule has 3 N–H and O–H groups in total. The third-order valence-electron chi connectivity index (χ3n) is 3.53. The van der Waals surface area contributed by atoms with Gasteiger partial charge in [-0.05, 0) is 38.6 Å². The van der Waals surface area contributed by atoms with Gasteiger partial charge in [0.25, 0.3) is 10.2 Å². The summed E-state index contributed by atoms with van der Waals surface area (Å²) >= 11 is 0. The van der Waals surface area contributed by atoms with E-state index >= 15 is 0 Å². The van der Waals surface area contributed by atoms with E-state index in [0.717, 1.165) is 12.8 Å². The maximum atomic E-state index is 12.0. The molecule has 0 bridgehead atoms. The third kappa shape index (κ3) is 4.54. The van der Waals surface area contributed by atoms with Crippen LogP contribution in [0.3, 0.4) is 0 Å². The van der Waals surface area contributed by atoms with Crippen LogP contribution in [0.5, 0.6) is 0 Å². The van der Waals surface area contributed by atoms with Gasteiger partial charge >= 0.3 is 0 Å². The van der Waals surface area contributed by atoms with Crippen molar-refractivity contribution in [1.29, 1.82) is 0 Å². The van der Waals surface area contributed by atoms with E-state index < -0.39 is 10.2 Å². The van der Waals surface area contributed by atoms with Crippen LogP contribution >= 0.6 is 0 Å². The van der Waals surface area contributed by atoms with Gasteiger partial charge in [0, 0.05) is 19.6 Å². The Morgan fingerprint density at radius 1 is 1.41 bits per heavy atom. The van der Waals surface area contributed by atoms with Gasteiger partial charge in [0.05, 0.1) is 0 Å². The average molecular weight is 263 g/mol. The number of hydrogen-bond donors (Lipinski definition) is 2. The van der Waals surface area contributed by atoms with E-state index in [2.05, 4.69) is 4.72 Å². The van der Waals surface area contributed by atoms with Crippen molar-refractivity contribution in [3.05, 3.63) is 0 Å². The SMILES string of the molecule is CC(NS(=O)(=O)N(C)CCCN)C1CCCC1. The molecule has 1 saturated carbocycles. The van der Waals surface area contributed by atoms with E-state index in [1.807, 2.05) is 6.92 Å². The van der Waals surface area contributed by atoms with Gasteiger partial charge in [-0.25, -0.2) is 0 Å². The Kier molecular flexibility index (Phi) is 5.85. The predicted molar refractivity (Wildman–Crippen MR) is 69.8 cm³/mol. The fraction of sp³-hybridized carbons (Fsp3) is 1.00. The summed E-state index contributed by atoms with van der Waals surface area (Å²) in [6.07, 6.45) is 5.40. The first-order valence-electron chi connectivity index (χ1n) is 6.41. The van der Waals surface area contributed by atoms with Crippen LogP contribution in [-0.2, 0) is 10.2 Å². The molecule has 0 saturated heterocycles. The van der Waals surface area contributed by atoms with Crippen molar-refractivity contribution in [2.24, 2.45) is 11.7 Å². The minimum Gasteiger partial charge on any atom is -0.330 e. The molecule has 0 spiro atoms. The molecule has 6 heteroatoms. The second kappa shape index (κ2) is 6.68. The summed E-state index contributed by atoms with van der Waals surface area (Å²) in [6, 6.07) is 0.0304. The molecule has 1 aliphatic rings. The van der Waals surface area contributed by atoms with Crippen LogP contribution in [0.15, 0.2) is 0 Å². The van der Waals surface area contributed by atoms with Crippen LogP contribution in [0.1, 0.15) is 39.0 Å². The number of hydrogen-bond acceptors (Lipinski definition) is 3. The Morgan fingerprint density at radius 2 is 2.00 bits per heavy atom. The van der Waals surface area contributed by atoms with Crippen molar-refractivity contribution in [2.45, 2.75) is 45.1 Å². The summed E-state index contributed by atoms with van der Waals surface area (Å²) < 4.78 is 28.1. The zero-order valence-corrected chi connectivity index (χ0v) is 11.7. The fourth-order valence-electron chi connectivity index (χ4n) is 2.31. The van der Waals surface area contributed by atoms with Crippen LogP contribution in [0.25, 0.3) is 0 Å². The highest BCUT2D eigenvalue weighted by atomic mass is 32.2. The van der Waals surface area contributed by atoms with Crippen LogP contribution in [0, 0.1) is 5.92 Å². The van der Waals surface area contributed by atoms with Crippen molar-refractivity contribution >= 4 is 10.2 Å². The first-order valence-corrected chi connectivity index (χ1v) is 7.85. The number of rotatable bonds is 7. The normalized spacial score (nSPS) is 20.0.